The van der Waals surface area contributed by atoms with E-state index in [4.69, 9.17) is 10.5 Å². The Hall–Kier alpha value is -3.23. The number of Topliss-reactive ketones (excluding diaryl/α,β-unsaturated/α-hetero) is 2. The van der Waals surface area contributed by atoms with Crippen molar-refractivity contribution in [3.8, 4) is 0 Å². The van der Waals surface area contributed by atoms with E-state index >= 15 is 0 Å². The van der Waals surface area contributed by atoms with E-state index in [9.17, 15) is 24.0 Å². The van der Waals surface area contributed by atoms with E-state index in [1.165, 1.54) is 0 Å². The highest BCUT2D eigenvalue weighted by Gasteiger charge is 2.29. The van der Waals surface area contributed by atoms with Gasteiger partial charge in [0.05, 0.1) is 12.0 Å². The fourth-order valence-electron chi connectivity index (χ4n) is 4.54. The first-order valence-corrected chi connectivity index (χ1v) is 15.4. The lowest BCUT2D eigenvalue weighted by atomic mass is 9.88. The fraction of sp³-hybridized carbons (Fsp3) is 0.667. The van der Waals surface area contributed by atoms with Gasteiger partial charge >= 0.3 is 12.0 Å². The molecular formula is C33H53N3O6. The monoisotopic (exact) mass is 587 g/mol. The number of primary amides is 1. The predicted molar refractivity (Wildman–Crippen MR) is 164 cm³/mol. The molecule has 0 aliphatic carbocycles. The second-order valence-corrected chi connectivity index (χ2v) is 12.3. The van der Waals surface area contributed by atoms with Crippen molar-refractivity contribution in [2.45, 2.75) is 112 Å². The Labute approximate surface area is 252 Å². The molecule has 0 unspecified atom stereocenters. The summed E-state index contributed by atoms with van der Waals surface area (Å²) in [6.07, 6.45) is 5.55. The highest BCUT2D eigenvalue weighted by atomic mass is 16.5. The molecule has 9 nitrogen and oxygen atoms in total. The Morgan fingerprint density at radius 2 is 1.48 bits per heavy atom. The number of unbranched alkanes of at least 4 members (excludes halogenated alkanes) is 2. The second-order valence-electron chi connectivity index (χ2n) is 12.3. The Morgan fingerprint density at radius 3 is 2.05 bits per heavy atom. The van der Waals surface area contributed by atoms with Crippen molar-refractivity contribution in [2.24, 2.45) is 29.4 Å². The molecule has 0 spiro atoms. The van der Waals surface area contributed by atoms with Crippen LogP contribution in [0.4, 0.5) is 4.79 Å². The summed E-state index contributed by atoms with van der Waals surface area (Å²) < 4.78 is 5.26. The molecule has 1 aromatic rings. The number of ether oxygens (including phenoxy) is 1. The van der Waals surface area contributed by atoms with Crippen LogP contribution < -0.4 is 16.4 Å². The van der Waals surface area contributed by atoms with Crippen molar-refractivity contribution in [1.82, 2.24) is 10.6 Å². The third-order valence-electron chi connectivity index (χ3n) is 7.25. The largest absolute Gasteiger partial charge is 0.461 e. The van der Waals surface area contributed by atoms with Crippen LogP contribution in [0.3, 0.4) is 0 Å². The lowest BCUT2D eigenvalue weighted by molar-refractivity contribution is -0.148. The molecular weight excluding hydrogens is 534 g/mol. The number of carbonyl (C=O) groups is 5. The number of amides is 3. The van der Waals surface area contributed by atoms with Gasteiger partial charge in [-0.3, -0.25) is 19.2 Å². The van der Waals surface area contributed by atoms with Crippen molar-refractivity contribution in [3.05, 3.63) is 35.4 Å². The minimum Gasteiger partial charge on any atom is -0.461 e. The summed E-state index contributed by atoms with van der Waals surface area (Å²) in [4.78, 5) is 62.2. The number of benzene rings is 1. The van der Waals surface area contributed by atoms with Crippen LogP contribution in [0.15, 0.2) is 24.3 Å². The number of carbonyl (C=O) groups excluding carboxylic acids is 5. The van der Waals surface area contributed by atoms with Gasteiger partial charge in [0.25, 0.3) is 0 Å². The van der Waals surface area contributed by atoms with E-state index in [1.54, 1.807) is 26.0 Å². The molecule has 0 fully saturated rings. The molecule has 42 heavy (non-hydrogen) atoms. The Bertz CT molecular complexity index is 1000. The van der Waals surface area contributed by atoms with Crippen LogP contribution in [-0.2, 0) is 36.9 Å². The van der Waals surface area contributed by atoms with Crippen LogP contribution in [0.5, 0.6) is 0 Å². The number of hydrogen-bond donors (Lipinski definition) is 3. The summed E-state index contributed by atoms with van der Waals surface area (Å²) in [6, 6.07) is 5.81. The fourth-order valence-corrected chi connectivity index (χ4v) is 4.54. The van der Waals surface area contributed by atoms with Gasteiger partial charge in [0.15, 0.2) is 5.78 Å². The number of hydrogen-bond acceptors (Lipinski definition) is 6. The van der Waals surface area contributed by atoms with E-state index in [2.05, 4.69) is 24.5 Å². The van der Waals surface area contributed by atoms with Crippen molar-refractivity contribution in [3.63, 3.8) is 0 Å². The van der Waals surface area contributed by atoms with Crippen molar-refractivity contribution in [2.75, 3.05) is 6.54 Å². The number of rotatable bonds is 21. The molecule has 4 N–H and O–H groups in total. The van der Waals surface area contributed by atoms with Crippen LogP contribution in [0, 0.1) is 23.7 Å². The first-order valence-electron chi connectivity index (χ1n) is 15.4. The third kappa shape index (κ3) is 15.7. The van der Waals surface area contributed by atoms with E-state index in [1.807, 2.05) is 26.0 Å². The second kappa shape index (κ2) is 19.8. The standard InChI is InChI=1S/C33H53N3O6/c1-22(2)11-8-7-9-12-27(37)20-28(23(3)4)31(39)36-29(13-10-18-35-33(34)41)30(38)19-25-14-16-26(17-15-25)21-42-32(40)24(5)6/h14-17,22-24,28-29H,7-13,18-21H2,1-6H3,(H,36,39)(H3,34,35,41)/t28-,29-/m0/s1. The van der Waals surface area contributed by atoms with Crippen molar-refractivity contribution in [1.29, 1.82) is 0 Å². The molecule has 236 valence electrons. The molecule has 1 aromatic carbocycles. The number of ketones is 2. The minimum absolute atomic E-state index is 0.0699. The summed E-state index contributed by atoms with van der Waals surface area (Å²) in [7, 11) is 0. The van der Waals surface area contributed by atoms with Gasteiger partial charge in [0.2, 0.25) is 5.91 Å². The Kier molecular flexibility index (Phi) is 17.4. The molecule has 9 heteroatoms. The van der Waals surface area contributed by atoms with Gasteiger partial charge in [-0.2, -0.15) is 0 Å². The van der Waals surface area contributed by atoms with Gasteiger partial charge in [-0.05, 0) is 42.2 Å². The predicted octanol–water partition coefficient (Wildman–Crippen LogP) is 5.27. The summed E-state index contributed by atoms with van der Waals surface area (Å²) in [5, 5.41) is 5.43. The quantitative estimate of drug-likeness (QED) is 0.132. The number of urea groups is 1. The van der Waals surface area contributed by atoms with Gasteiger partial charge < -0.3 is 21.1 Å². The molecule has 0 aliphatic heterocycles. The zero-order valence-electron chi connectivity index (χ0n) is 26.5. The normalized spacial score (nSPS) is 12.7. The van der Waals surface area contributed by atoms with Gasteiger partial charge in [0, 0.05) is 31.7 Å². The van der Waals surface area contributed by atoms with Crippen LogP contribution in [-0.4, -0.2) is 42.1 Å². The Morgan fingerprint density at radius 1 is 0.833 bits per heavy atom. The van der Waals surface area contributed by atoms with E-state index in [0.29, 0.717) is 25.2 Å². The van der Waals surface area contributed by atoms with Crippen LogP contribution in [0.1, 0.15) is 104 Å². The highest BCUT2D eigenvalue weighted by molar-refractivity contribution is 5.92. The maximum absolute atomic E-state index is 13.4. The molecule has 1 rings (SSSR count). The molecule has 0 radical (unpaired) electrons. The van der Waals surface area contributed by atoms with Crippen LogP contribution in [0.2, 0.25) is 0 Å². The zero-order chi connectivity index (χ0) is 31.7. The zero-order valence-corrected chi connectivity index (χ0v) is 26.5. The summed E-state index contributed by atoms with van der Waals surface area (Å²) in [5.41, 5.74) is 6.73. The summed E-state index contributed by atoms with van der Waals surface area (Å²) >= 11 is 0. The molecule has 0 aromatic heterocycles. The number of nitrogens with two attached hydrogens (primary N) is 1. The van der Waals surface area contributed by atoms with E-state index in [0.717, 1.165) is 36.8 Å². The highest BCUT2D eigenvalue weighted by Crippen LogP contribution is 2.20. The first kappa shape index (κ1) is 36.8. The van der Waals surface area contributed by atoms with Gasteiger partial charge in [-0.15, -0.1) is 0 Å². The summed E-state index contributed by atoms with van der Waals surface area (Å²) in [5.74, 6) is -0.831. The van der Waals surface area contributed by atoms with Gasteiger partial charge in [-0.25, -0.2) is 4.79 Å². The maximum Gasteiger partial charge on any atom is 0.312 e. The van der Waals surface area contributed by atoms with E-state index < -0.39 is 18.0 Å². The maximum atomic E-state index is 13.4. The van der Waals surface area contributed by atoms with Crippen molar-refractivity contribution < 1.29 is 28.7 Å². The van der Waals surface area contributed by atoms with Gasteiger partial charge in [0.1, 0.15) is 12.4 Å². The summed E-state index contributed by atoms with van der Waals surface area (Å²) in [6.45, 7) is 12.2. The topological polar surface area (TPSA) is 145 Å². The van der Waals surface area contributed by atoms with Crippen LogP contribution in [0.25, 0.3) is 0 Å². The molecule has 0 bridgehead atoms. The SMILES string of the molecule is CC(C)CCCCCC(=O)C[C@H](C(=O)N[C@@H](CCCNC(N)=O)C(=O)Cc1ccc(COC(=O)C(C)C)cc1)C(C)C. The average molecular weight is 588 g/mol. The first-order chi connectivity index (χ1) is 19.8. The van der Waals surface area contributed by atoms with Gasteiger partial charge in [-0.1, -0.05) is 85.1 Å². The van der Waals surface area contributed by atoms with E-state index in [-0.39, 0.29) is 61.3 Å². The minimum atomic E-state index is -0.772. The molecule has 0 heterocycles. The molecule has 0 saturated carbocycles. The van der Waals surface area contributed by atoms with Crippen LogP contribution >= 0.6 is 0 Å². The average Bonchev–Trinajstić information content (AvgIpc) is 2.91. The molecule has 0 saturated heterocycles. The molecule has 0 aliphatic rings. The lowest BCUT2D eigenvalue weighted by Gasteiger charge is -2.24. The smallest absolute Gasteiger partial charge is 0.312 e. The van der Waals surface area contributed by atoms with Crippen molar-refractivity contribution >= 4 is 29.5 Å². The lowest BCUT2D eigenvalue weighted by Crippen LogP contribution is -2.46. The number of esters is 1. The molecule has 3 amide bonds. The number of nitrogens with one attached hydrogen (secondary N) is 2. The Balaban J connectivity index is 2.83. The third-order valence-corrected chi connectivity index (χ3v) is 7.25. The molecule has 2 atom stereocenters.